The highest BCUT2D eigenvalue weighted by atomic mass is 16.5. The first-order valence-corrected chi connectivity index (χ1v) is 6.72. The van der Waals surface area contributed by atoms with Crippen molar-refractivity contribution in [2.24, 2.45) is 5.41 Å². The van der Waals surface area contributed by atoms with Gasteiger partial charge in [-0.1, -0.05) is 0 Å². The number of nitrogens with zero attached hydrogens (tertiary/aromatic N) is 3. The Morgan fingerprint density at radius 2 is 1.68 bits per heavy atom. The summed E-state index contributed by atoms with van der Waals surface area (Å²) in [5.41, 5.74) is -0.842. The van der Waals surface area contributed by atoms with Crippen molar-refractivity contribution in [1.29, 1.82) is 15.8 Å². The molecule has 1 N–H and O–H groups in total. The lowest BCUT2D eigenvalue weighted by atomic mass is 9.79. The third-order valence-corrected chi connectivity index (χ3v) is 3.32. The number of methoxy groups -OCH3 is 1. The zero-order valence-electron chi connectivity index (χ0n) is 12.3. The lowest BCUT2D eigenvalue weighted by Gasteiger charge is -2.23. The number of carbonyl (C=O) groups excluding carboxylic acids is 1. The van der Waals surface area contributed by atoms with Crippen molar-refractivity contribution < 1.29 is 9.53 Å². The van der Waals surface area contributed by atoms with E-state index in [0.29, 0.717) is 11.4 Å². The van der Waals surface area contributed by atoms with Crippen LogP contribution in [-0.2, 0) is 4.79 Å². The fourth-order valence-electron chi connectivity index (χ4n) is 1.98. The number of nitrogens with one attached hydrogen (secondary N) is 1. The SMILES string of the molecule is COc1ccc(NC(=O)C(C#N)(CCC#N)CCC#N)cc1. The maximum atomic E-state index is 12.4. The largest absolute Gasteiger partial charge is 0.497 e. The van der Waals surface area contributed by atoms with Crippen LogP contribution in [0.25, 0.3) is 0 Å². The number of benzene rings is 1. The first kappa shape index (κ1) is 17.0. The van der Waals surface area contributed by atoms with E-state index in [1.54, 1.807) is 24.3 Å². The number of hydrogen-bond acceptors (Lipinski definition) is 5. The molecule has 0 aliphatic heterocycles. The van der Waals surface area contributed by atoms with Gasteiger partial charge in [0.25, 0.3) is 0 Å². The van der Waals surface area contributed by atoms with E-state index >= 15 is 0 Å². The van der Waals surface area contributed by atoms with Crippen LogP contribution in [0.5, 0.6) is 5.75 Å². The van der Waals surface area contributed by atoms with Gasteiger partial charge in [-0.15, -0.1) is 0 Å². The van der Waals surface area contributed by atoms with Crippen molar-refractivity contribution in [1.82, 2.24) is 0 Å². The van der Waals surface area contributed by atoms with Crippen LogP contribution < -0.4 is 10.1 Å². The van der Waals surface area contributed by atoms with Crippen LogP contribution >= 0.6 is 0 Å². The van der Waals surface area contributed by atoms with Gasteiger partial charge in [-0.3, -0.25) is 4.79 Å². The average Bonchev–Trinajstić information content (AvgIpc) is 2.56. The molecule has 112 valence electrons. The molecule has 1 aromatic rings. The maximum absolute atomic E-state index is 12.4. The summed E-state index contributed by atoms with van der Waals surface area (Å²) < 4.78 is 5.03. The van der Waals surface area contributed by atoms with E-state index in [0.717, 1.165) is 0 Å². The van der Waals surface area contributed by atoms with E-state index in [2.05, 4.69) is 5.32 Å². The molecular weight excluding hydrogens is 280 g/mol. The minimum absolute atomic E-state index is 0.0784. The van der Waals surface area contributed by atoms with Crippen molar-refractivity contribution in [3.05, 3.63) is 24.3 Å². The Hall–Kier alpha value is -3.04. The summed E-state index contributed by atoms with van der Waals surface area (Å²) >= 11 is 0. The maximum Gasteiger partial charge on any atom is 0.244 e. The number of anilines is 1. The van der Waals surface area contributed by atoms with Crippen molar-refractivity contribution >= 4 is 11.6 Å². The van der Waals surface area contributed by atoms with Crippen molar-refractivity contribution in [3.8, 4) is 24.0 Å². The fourth-order valence-corrected chi connectivity index (χ4v) is 1.98. The van der Waals surface area contributed by atoms with Gasteiger partial charge in [-0.25, -0.2) is 0 Å². The molecule has 0 aliphatic carbocycles. The topological polar surface area (TPSA) is 110 Å². The van der Waals surface area contributed by atoms with E-state index in [1.165, 1.54) is 7.11 Å². The molecule has 0 saturated carbocycles. The number of rotatable bonds is 7. The number of ether oxygens (including phenoxy) is 1. The molecule has 0 bridgehead atoms. The summed E-state index contributed by atoms with van der Waals surface area (Å²) in [5, 5.41) is 29.5. The predicted molar refractivity (Wildman–Crippen MR) is 79.4 cm³/mol. The molecule has 0 saturated heterocycles. The summed E-state index contributed by atoms with van der Waals surface area (Å²) in [6, 6.07) is 12.6. The minimum atomic E-state index is -1.37. The second-order valence-corrected chi connectivity index (χ2v) is 4.69. The van der Waals surface area contributed by atoms with Crippen LogP contribution in [0.2, 0.25) is 0 Å². The second kappa shape index (κ2) is 8.29. The van der Waals surface area contributed by atoms with Crippen LogP contribution in [0, 0.1) is 39.4 Å². The first-order valence-electron chi connectivity index (χ1n) is 6.72. The first-order chi connectivity index (χ1) is 10.6. The molecule has 0 aliphatic rings. The Labute approximate surface area is 129 Å². The average molecular weight is 296 g/mol. The van der Waals surface area contributed by atoms with Gasteiger partial charge in [0.1, 0.15) is 11.2 Å². The predicted octanol–water partition coefficient (Wildman–Crippen LogP) is 2.75. The highest BCUT2D eigenvalue weighted by Crippen LogP contribution is 2.31. The van der Waals surface area contributed by atoms with Gasteiger partial charge < -0.3 is 10.1 Å². The zero-order chi connectivity index (χ0) is 16.4. The summed E-state index contributed by atoms with van der Waals surface area (Å²) in [7, 11) is 1.54. The molecular formula is C16H16N4O2. The van der Waals surface area contributed by atoms with Gasteiger partial charge in [0, 0.05) is 18.5 Å². The summed E-state index contributed by atoms with van der Waals surface area (Å²) in [6.45, 7) is 0. The van der Waals surface area contributed by atoms with E-state index in [9.17, 15) is 10.1 Å². The lowest BCUT2D eigenvalue weighted by Crippen LogP contribution is -2.35. The van der Waals surface area contributed by atoms with Crippen molar-refractivity contribution in [2.75, 3.05) is 12.4 Å². The van der Waals surface area contributed by atoms with Crippen LogP contribution in [0.3, 0.4) is 0 Å². The van der Waals surface area contributed by atoms with Crippen molar-refractivity contribution in [2.45, 2.75) is 25.7 Å². The number of nitriles is 3. The Kier molecular flexibility index (Phi) is 6.41. The van der Waals surface area contributed by atoms with Crippen LogP contribution in [0.15, 0.2) is 24.3 Å². The standard InChI is InChI=1S/C16H16N4O2/c1-22-14-6-4-13(5-7-14)20-15(21)16(12-19,8-2-10-17)9-3-11-18/h4-7H,2-3,8-9H2,1H3,(H,20,21). The minimum Gasteiger partial charge on any atom is -0.497 e. The van der Waals surface area contributed by atoms with Gasteiger partial charge in [0.2, 0.25) is 5.91 Å². The summed E-state index contributed by atoms with van der Waals surface area (Å²) in [4.78, 5) is 12.4. The van der Waals surface area contributed by atoms with Crippen molar-refractivity contribution in [3.63, 3.8) is 0 Å². The molecule has 0 aromatic heterocycles. The fraction of sp³-hybridized carbons (Fsp3) is 0.375. The molecule has 0 unspecified atom stereocenters. The Morgan fingerprint density at radius 3 is 2.09 bits per heavy atom. The Bertz CT molecular complexity index is 614. The number of carbonyl (C=O) groups is 1. The third kappa shape index (κ3) is 4.23. The van der Waals surface area contributed by atoms with Gasteiger partial charge in [0.05, 0.1) is 25.3 Å². The second-order valence-electron chi connectivity index (χ2n) is 4.69. The molecule has 0 spiro atoms. The van der Waals surface area contributed by atoms with Gasteiger partial charge in [-0.2, -0.15) is 15.8 Å². The van der Waals surface area contributed by atoms with Crippen LogP contribution in [0.1, 0.15) is 25.7 Å². The highest BCUT2D eigenvalue weighted by molar-refractivity contribution is 5.97. The molecule has 0 heterocycles. The number of hydrogen-bond donors (Lipinski definition) is 1. The van der Waals surface area contributed by atoms with E-state index in [1.807, 2.05) is 18.2 Å². The van der Waals surface area contributed by atoms with Crippen LogP contribution in [0.4, 0.5) is 5.69 Å². The molecule has 6 heteroatoms. The highest BCUT2D eigenvalue weighted by Gasteiger charge is 2.38. The summed E-state index contributed by atoms with van der Waals surface area (Å²) in [5.74, 6) is 0.157. The quantitative estimate of drug-likeness (QED) is 0.831. The third-order valence-electron chi connectivity index (χ3n) is 3.32. The van der Waals surface area contributed by atoms with E-state index in [-0.39, 0.29) is 25.7 Å². The Balaban J connectivity index is 2.93. The lowest BCUT2D eigenvalue weighted by molar-refractivity contribution is -0.123. The normalized spacial score (nSPS) is 9.91. The molecule has 6 nitrogen and oxygen atoms in total. The number of amides is 1. The van der Waals surface area contributed by atoms with Gasteiger partial charge in [0.15, 0.2) is 0 Å². The molecule has 1 amide bonds. The van der Waals surface area contributed by atoms with Gasteiger partial charge >= 0.3 is 0 Å². The molecule has 1 rings (SSSR count). The van der Waals surface area contributed by atoms with E-state index in [4.69, 9.17) is 15.3 Å². The zero-order valence-corrected chi connectivity index (χ0v) is 12.3. The molecule has 1 aromatic carbocycles. The summed E-state index contributed by atoms with van der Waals surface area (Å²) in [6.07, 6.45) is 0.359. The van der Waals surface area contributed by atoms with Gasteiger partial charge in [-0.05, 0) is 37.1 Å². The smallest absolute Gasteiger partial charge is 0.244 e. The monoisotopic (exact) mass is 296 g/mol. The van der Waals surface area contributed by atoms with Crippen LogP contribution in [-0.4, -0.2) is 13.0 Å². The Morgan fingerprint density at radius 1 is 1.14 bits per heavy atom. The molecule has 0 atom stereocenters. The molecule has 0 radical (unpaired) electrons. The van der Waals surface area contributed by atoms with E-state index < -0.39 is 11.3 Å². The molecule has 0 fully saturated rings. The molecule has 22 heavy (non-hydrogen) atoms.